The highest BCUT2D eigenvalue weighted by atomic mass is 35.5. The van der Waals surface area contributed by atoms with Crippen LogP contribution in [0.15, 0.2) is 78.4 Å². The van der Waals surface area contributed by atoms with Crippen molar-refractivity contribution in [2.75, 3.05) is 0 Å². The summed E-state index contributed by atoms with van der Waals surface area (Å²) >= 11 is 6.31. The van der Waals surface area contributed by atoms with Crippen molar-refractivity contribution in [3.05, 3.63) is 100 Å². The Hall–Kier alpha value is -3.58. The van der Waals surface area contributed by atoms with Crippen LogP contribution in [-0.4, -0.2) is 20.2 Å². The summed E-state index contributed by atoms with van der Waals surface area (Å²) in [4.78, 5) is 20.8. The largest absolute Gasteiger partial charge is 0.450 e. The molecule has 0 fully saturated rings. The normalized spacial score (nSPS) is 15.1. The molecule has 2 aromatic heterocycles. The molecule has 3 aromatic rings. The Morgan fingerprint density at radius 2 is 1.94 bits per heavy atom. The summed E-state index contributed by atoms with van der Waals surface area (Å²) in [5.74, 6) is 0.597. The summed E-state index contributed by atoms with van der Waals surface area (Å²) in [5, 5.41) is 7.86. The fourth-order valence-electron chi connectivity index (χ4n) is 3.73. The number of H-pyrrole nitrogens is 1. The standard InChI is InChI=1S/C27H28ClFN4O2/c1-6-13-26(5,8-3)23-22(25(34)33-24(32-23)18-12-15-30-31-17-18)35-19-10-11-21(28)20(16-19)27(29,9-4)14-7-2/h6-7,9-17H,4,8H2,1-3,5H3,(H,32,33,34). The van der Waals surface area contributed by atoms with Gasteiger partial charge in [-0.05, 0) is 56.7 Å². The zero-order chi connectivity index (χ0) is 25.6. The fraction of sp³-hybridized carbons (Fsp3) is 0.259. The average molecular weight is 495 g/mol. The third kappa shape index (κ3) is 5.41. The van der Waals surface area contributed by atoms with Gasteiger partial charge in [-0.3, -0.25) is 4.79 Å². The van der Waals surface area contributed by atoms with Gasteiger partial charge < -0.3 is 9.72 Å². The van der Waals surface area contributed by atoms with Gasteiger partial charge in [0.2, 0.25) is 5.75 Å². The SMILES string of the molecule is C=CC(F)(C=CC)c1cc(Oc2c(C(C)(C=CC)CC)nc(-c3ccnnc3)[nH]c2=O)ccc1Cl. The second-order valence-corrected chi connectivity index (χ2v) is 8.62. The van der Waals surface area contributed by atoms with E-state index in [0.717, 1.165) is 6.08 Å². The van der Waals surface area contributed by atoms with Gasteiger partial charge in [0.25, 0.3) is 5.56 Å². The summed E-state index contributed by atoms with van der Waals surface area (Å²) < 4.78 is 21.6. The molecule has 0 bridgehead atoms. The quantitative estimate of drug-likeness (QED) is 0.329. The van der Waals surface area contributed by atoms with Crippen molar-refractivity contribution in [3.8, 4) is 22.9 Å². The molecule has 2 atom stereocenters. The monoisotopic (exact) mass is 494 g/mol. The molecule has 3 rings (SSSR count). The van der Waals surface area contributed by atoms with Gasteiger partial charge in [0.15, 0.2) is 5.67 Å². The third-order valence-electron chi connectivity index (χ3n) is 5.82. The molecule has 2 unspecified atom stereocenters. The first-order chi connectivity index (χ1) is 16.7. The fourth-order valence-corrected chi connectivity index (χ4v) is 4.00. The topological polar surface area (TPSA) is 80.8 Å². The lowest BCUT2D eigenvalue weighted by Gasteiger charge is -2.26. The van der Waals surface area contributed by atoms with Crippen LogP contribution in [0.1, 0.15) is 45.4 Å². The zero-order valence-corrected chi connectivity index (χ0v) is 20.9. The average Bonchev–Trinajstić information content (AvgIpc) is 2.86. The van der Waals surface area contributed by atoms with E-state index in [9.17, 15) is 4.79 Å². The van der Waals surface area contributed by atoms with Gasteiger partial charge >= 0.3 is 0 Å². The molecule has 0 saturated heterocycles. The molecule has 0 aliphatic rings. The molecule has 0 radical (unpaired) electrons. The molecule has 6 nitrogen and oxygen atoms in total. The van der Waals surface area contributed by atoms with E-state index >= 15 is 4.39 Å². The number of benzene rings is 1. The maximum atomic E-state index is 15.5. The van der Waals surface area contributed by atoms with Gasteiger partial charge in [0.1, 0.15) is 17.3 Å². The van der Waals surface area contributed by atoms with E-state index in [0.29, 0.717) is 23.5 Å². The molecule has 1 N–H and O–H groups in total. The maximum Gasteiger partial charge on any atom is 0.294 e. The first-order valence-electron chi connectivity index (χ1n) is 11.2. The van der Waals surface area contributed by atoms with Crippen molar-refractivity contribution in [1.29, 1.82) is 0 Å². The lowest BCUT2D eigenvalue weighted by molar-refractivity contribution is 0.305. The van der Waals surface area contributed by atoms with Crippen molar-refractivity contribution in [2.24, 2.45) is 0 Å². The summed E-state index contributed by atoms with van der Waals surface area (Å²) in [6.07, 6.45) is 11.7. The van der Waals surface area contributed by atoms with Gasteiger partial charge in [-0.1, -0.05) is 50.3 Å². The molecule has 182 valence electrons. The summed E-state index contributed by atoms with van der Waals surface area (Å²) in [5.41, 5.74) is -1.89. The molecule has 8 heteroatoms. The van der Waals surface area contributed by atoms with Gasteiger partial charge in [0.05, 0.1) is 12.4 Å². The van der Waals surface area contributed by atoms with Crippen LogP contribution >= 0.6 is 11.6 Å². The number of nitrogens with one attached hydrogen (secondary N) is 1. The van der Waals surface area contributed by atoms with E-state index < -0.39 is 16.6 Å². The second kappa shape index (κ2) is 10.8. The van der Waals surface area contributed by atoms with Crippen LogP contribution in [0.4, 0.5) is 4.39 Å². The van der Waals surface area contributed by atoms with Crippen molar-refractivity contribution in [2.45, 2.75) is 45.2 Å². The molecular formula is C27H28ClFN4O2. The number of ether oxygens (including phenoxy) is 1. The highest BCUT2D eigenvalue weighted by Crippen LogP contribution is 2.39. The molecule has 1 aromatic carbocycles. The lowest BCUT2D eigenvalue weighted by atomic mass is 9.82. The maximum absolute atomic E-state index is 15.5. The van der Waals surface area contributed by atoms with Crippen LogP contribution in [0.2, 0.25) is 5.02 Å². The van der Waals surface area contributed by atoms with E-state index in [1.165, 1.54) is 30.6 Å². The Balaban J connectivity index is 2.21. The van der Waals surface area contributed by atoms with Gasteiger partial charge in [-0.25, -0.2) is 9.37 Å². The lowest BCUT2D eigenvalue weighted by Crippen LogP contribution is -2.26. The van der Waals surface area contributed by atoms with Crippen LogP contribution in [0.5, 0.6) is 11.5 Å². The number of alkyl halides is 1. The molecule has 0 aliphatic heterocycles. The molecular weight excluding hydrogens is 467 g/mol. The van der Waals surface area contributed by atoms with Crippen molar-refractivity contribution in [3.63, 3.8) is 0 Å². The molecule has 35 heavy (non-hydrogen) atoms. The highest BCUT2D eigenvalue weighted by molar-refractivity contribution is 6.31. The van der Waals surface area contributed by atoms with Crippen LogP contribution in [0.3, 0.4) is 0 Å². The number of aromatic nitrogens is 4. The Labute approximate surface area is 209 Å². The summed E-state index contributed by atoms with van der Waals surface area (Å²) in [7, 11) is 0. The minimum Gasteiger partial charge on any atom is -0.450 e. The number of halogens is 2. The Morgan fingerprint density at radius 1 is 1.20 bits per heavy atom. The van der Waals surface area contributed by atoms with Crippen molar-refractivity contribution in [1.82, 2.24) is 20.2 Å². The van der Waals surface area contributed by atoms with E-state index in [4.69, 9.17) is 21.3 Å². The summed E-state index contributed by atoms with van der Waals surface area (Å²) in [6.45, 7) is 11.2. The molecule has 0 aliphatic carbocycles. The molecule has 0 spiro atoms. The Kier molecular flexibility index (Phi) is 8.02. The first kappa shape index (κ1) is 26.0. The number of nitrogens with zero attached hydrogens (tertiary/aromatic N) is 3. The zero-order valence-electron chi connectivity index (χ0n) is 20.2. The Bertz CT molecular complexity index is 1320. The third-order valence-corrected chi connectivity index (χ3v) is 6.15. The predicted octanol–water partition coefficient (Wildman–Crippen LogP) is 6.84. The number of hydrogen-bond acceptors (Lipinski definition) is 5. The number of rotatable bonds is 9. The van der Waals surface area contributed by atoms with Gasteiger partial charge in [-0.15, -0.1) is 0 Å². The van der Waals surface area contributed by atoms with Crippen molar-refractivity contribution < 1.29 is 9.13 Å². The summed E-state index contributed by atoms with van der Waals surface area (Å²) in [6, 6.07) is 6.27. The van der Waals surface area contributed by atoms with Crippen LogP contribution in [0.25, 0.3) is 11.4 Å². The number of aromatic amines is 1. The van der Waals surface area contributed by atoms with E-state index in [2.05, 4.69) is 21.8 Å². The van der Waals surface area contributed by atoms with Crippen LogP contribution in [0, 0.1) is 0 Å². The minimum absolute atomic E-state index is 0.0144. The molecule has 0 amide bonds. The number of allylic oxidation sites excluding steroid dienone is 5. The van der Waals surface area contributed by atoms with Crippen LogP contribution < -0.4 is 10.3 Å². The van der Waals surface area contributed by atoms with E-state index in [1.807, 2.05) is 32.9 Å². The number of hydrogen-bond donors (Lipinski definition) is 1. The van der Waals surface area contributed by atoms with Crippen LogP contribution in [-0.2, 0) is 11.1 Å². The highest BCUT2D eigenvalue weighted by Gasteiger charge is 2.32. The van der Waals surface area contributed by atoms with E-state index in [1.54, 1.807) is 25.1 Å². The predicted molar refractivity (Wildman–Crippen MR) is 138 cm³/mol. The smallest absolute Gasteiger partial charge is 0.294 e. The second-order valence-electron chi connectivity index (χ2n) is 8.21. The van der Waals surface area contributed by atoms with Crippen molar-refractivity contribution >= 4 is 11.6 Å². The van der Waals surface area contributed by atoms with E-state index in [-0.39, 0.29) is 22.1 Å². The van der Waals surface area contributed by atoms with Gasteiger partial charge in [-0.2, -0.15) is 10.2 Å². The molecule has 0 saturated carbocycles. The molecule has 2 heterocycles. The van der Waals surface area contributed by atoms with Gasteiger partial charge in [0, 0.05) is 21.6 Å². The Morgan fingerprint density at radius 3 is 2.54 bits per heavy atom. The minimum atomic E-state index is -2.00. The first-order valence-corrected chi connectivity index (χ1v) is 11.6.